The fraction of sp³-hybridized carbons (Fsp3) is 0.857. The molecule has 1 aliphatic heterocycles. The van der Waals surface area contributed by atoms with Gasteiger partial charge in [-0.05, 0) is 19.3 Å². The van der Waals surface area contributed by atoms with Crippen molar-refractivity contribution in [1.29, 1.82) is 0 Å². The third-order valence-corrected chi connectivity index (χ3v) is 4.61. The minimum atomic E-state index is -0.996. The van der Waals surface area contributed by atoms with Crippen LogP contribution in [0.15, 0.2) is 0 Å². The second-order valence-corrected chi connectivity index (χ2v) is 6.14. The Morgan fingerprint density at radius 1 is 1.15 bits per heavy atom. The van der Waals surface area contributed by atoms with Gasteiger partial charge in [0.25, 0.3) is 0 Å². The maximum atomic E-state index is 12.2. The van der Waals surface area contributed by atoms with Gasteiger partial charge in [0.2, 0.25) is 5.91 Å². The fourth-order valence-corrected chi connectivity index (χ4v) is 3.06. The number of nitrogens with one attached hydrogen (secondary N) is 1. The van der Waals surface area contributed by atoms with Gasteiger partial charge in [0, 0.05) is 13.2 Å². The lowest BCUT2D eigenvalue weighted by atomic mass is 9.80. The van der Waals surface area contributed by atoms with Crippen molar-refractivity contribution in [3.05, 3.63) is 0 Å². The van der Waals surface area contributed by atoms with E-state index in [1.165, 1.54) is 0 Å². The number of ether oxygens (including phenoxy) is 1. The molecule has 0 aromatic heterocycles. The topological polar surface area (TPSA) is 102 Å². The van der Waals surface area contributed by atoms with Crippen LogP contribution in [0.3, 0.4) is 0 Å². The highest BCUT2D eigenvalue weighted by molar-refractivity contribution is 5.87. The van der Waals surface area contributed by atoms with E-state index in [0.717, 1.165) is 25.7 Å². The van der Waals surface area contributed by atoms with Crippen LogP contribution in [0, 0.1) is 5.41 Å². The molecule has 0 radical (unpaired) electrons. The molecule has 1 saturated carbocycles. The highest BCUT2D eigenvalue weighted by Crippen LogP contribution is 2.35. The van der Waals surface area contributed by atoms with Crippen LogP contribution in [0.1, 0.15) is 44.9 Å². The number of carboxylic acids is 1. The number of carbonyl (C=O) groups excluding carboxylic acids is 1. The minimum absolute atomic E-state index is 0.167. The first-order valence-electron chi connectivity index (χ1n) is 7.37. The molecule has 1 atom stereocenters. The molecule has 1 saturated heterocycles. The van der Waals surface area contributed by atoms with E-state index in [2.05, 4.69) is 5.32 Å². The zero-order valence-electron chi connectivity index (χ0n) is 11.8. The van der Waals surface area contributed by atoms with Crippen LogP contribution in [-0.4, -0.2) is 42.3 Å². The number of hydrogen-bond donors (Lipinski definition) is 3. The number of carboxylic acid groups (broad SMARTS) is 1. The molecule has 1 aliphatic carbocycles. The molecule has 114 valence electrons. The summed E-state index contributed by atoms with van der Waals surface area (Å²) in [6, 6.07) is 0. The highest BCUT2D eigenvalue weighted by atomic mass is 16.5. The first kappa shape index (κ1) is 15.3. The molecule has 0 bridgehead atoms. The van der Waals surface area contributed by atoms with Crippen LogP contribution in [0.25, 0.3) is 0 Å². The average Bonchev–Trinajstić information content (AvgIpc) is 2.73. The van der Waals surface area contributed by atoms with Gasteiger partial charge in [0.15, 0.2) is 0 Å². The van der Waals surface area contributed by atoms with Crippen molar-refractivity contribution in [2.24, 2.45) is 11.1 Å². The average molecular weight is 284 g/mol. The molecule has 0 spiro atoms. The zero-order valence-corrected chi connectivity index (χ0v) is 11.8. The van der Waals surface area contributed by atoms with Crippen molar-refractivity contribution in [3.8, 4) is 0 Å². The van der Waals surface area contributed by atoms with Crippen LogP contribution in [0.4, 0.5) is 0 Å². The van der Waals surface area contributed by atoms with Crippen LogP contribution in [0.2, 0.25) is 0 Å². The van der Waals surface area contributed by atoms with Gasteiger partial charge in [-0.1, -0.05) is 25.7 Å². The summed E-state index contributed by atoms with van der Waals surface area (Å²) in [7, 11) is 0. The zero-order chi connectivity index (χ0) is 14.6. The van der Waals surface area contributed by atoms with Crippen molar-refractivity contribution in [3.63, 3.8) is 0 Å². The van der Waals surface area contributed by atoms with E-state index in [9.17, 15) is 14.7 Å². The standard InChI is InChI=1S/C14H24N2O4/c15-14(7-8-20-10-14)11(17)16-9-13(12(18)19)5-3-1-2-4-6-13/h1-10,15H2,(H,16,17)(H,18,19). The van der Waals surface area contributed by atoms with E-state index in [0.29, 0.717) is 25.9 Å². The number of carbonyl (C=O) groups is 2. The number of aliphatic carboxylic acids is 1. The molecule has 6 heteroatoms. The molecule has 2 aliphatic rings. The largest absolute Gasteiger partial charge is 0.481 e. The van der Waals surface area contributed by atoms with E-state index < -0.39 is 16.9 Å². The maximum Gasteiger partial charge on any atom is 0.311 e. The summed E-state index contributed by atoms with van der Waals surface area (Å²) in [5.41, 5.74) is 4.16. The number of rotatable bonds is 4. The maximum absolute atomic E-state index is 12.2. The van der Waals surface area contributed by atoms with E-state index in [4.69, 9.17) is 10.5 Å². The molecule has 6 nitrogen and oxygen atoms in total. The summed E-state index contributed by atoms with van der Waals surface area (Å²) in [6.45, 7) is 0.854. The molecule has 1 heterocycles. The van der Waals surface area contributed by atoms with Crippen LogP contribution in [-0.2, 0) is 14.3 Å². The van der Waals surface area contributed by atoms with Crippen molar-refractivity contribution in [2.45, 2.75) is 50.5 Å². The molecular weight excluding hydrogens is 260 g/mol. The number of nitrogens with two attached hydrogens (primary N) is 1. The first-order chi connectivity index (χ1) is 9.49. The Balaban J connectivity index is 1.98. The Morgan fingerprint density at radius 2 is 1.80 bits per heavy atom. The molecule has 1 unspecified atom stereocenters. The Bertz CT molecular complexity index is 369. The predicted octanol–water partition coefficient (Wildman–Crippen LogP) is 0.646. The summed E-state index contributed by atoms with van der Waals surface area (Å²) < 4.78 is 5.16. The quantitative estimate of drug-likeness (QED) is 0.658. The molecule has 0 aromatic rings. The Kier molecular flexibility index (Phi) is 4.65. The second kappa shape index (κ2) is 6.10. The molecule has 4 N–H and O–H groups in total. The van der Waals surface area contributed by atoms with Gasteiger partial charge in [-0.2, -0.15) is 0 Å². The van der Waals surface area contributed by atoms with Crippen molar-refractivity contribution >= 4 is 11.9 Å². The van der Waals surface area contributed by atoms with Crippen molar-refractivity contribution < 1.29 is 19.4 Å². The normalized spacial score (nSPS) is 29.6. The Morgan fingerprint density at radius 3 is 2.30 bits per heavy atom. The van der Waals surface area contributed by atoms with Gasteiger partial charge in [-0.25, -0.2) is 0 Å². The van der Waals surface area contributed by atoms with Gasteiger partial charge < -0.3 is 20.9 Å². The third kappa shape index (κ3) is 3.12. The lowest BCUT2D eigenvalue weighted by molar-refractivity contribution is -0.150. The van der Waals surface area contributed by atoms with Gasteiger partial charge in [0.05, 0.1) is 12.0 Å². The Labute approximate surface area is 119 Å². The second-order valence-electron chi connectivity index (χ2n) is 6.14. The fourth-order valence-electron chi connectivity index (χ4n) is 3.06. The number of amides is 1. The molecule has 0 aromatic carbocycles. The van der Waals surface area contributed by atoms with E-state index in [1.807, 2.05) is 0 Å². The highest BCUT2D eigenvalue weighted by Gasteiger charge is 2.42. The monoisotopic (exact) mass is 284 g/mol. The van der Waals surface area contributed by atoms with E-state index in [-0.39, 0.29) is 19.1 Å². The summed E-state index contributed by atoms with van der Waals surface area (Å²) in [6.07, 6.45) is 5.67. The summed E-state index contributed by atoms with van der Waals surface area (Å²) in [4.78, 5) is 23.8. The molecule has 2 fully saturated rings. The van der Waals surface area contributed by atoms with Crippen molar-refractivity contribution in [1.82, 2.24) is 5.32 Å². The molecule has 1 amide bonds. The van der Waals surface area contributed by atoms with Crippen LogP contribution >= 0.6 is 0 Å². The number of hydrogen-bond acceptors (Lipinski definition) is 4. The molecule has 2 rings (SSSR count). The SMILES string of the molecule is NC1(C(=O)NCC2(C(=O)O)CCCCCC2)CCOC1. The van der Waals surface area contributed by atoms with Crippen molar-refractivity contribution in [2.75, 3.05) is 19.8 Å². The summed E-state index contributed by atoms with van der Waals surface area (Å²) in [5.74, 6) is -1.10. The van der Waals surface area contributed by atoms with E-state index >= 15 is 0 Å². The molecule has 20 heavy (non-hydrogen) atoms. The minimum Gasteiger partial charge on any atom is -0.481 e. The van der Waals surface area contributed by atoms with Gasteiger partial charge >= 0.3 is 5.97 Å². The van der Waals surface area contributed by atoms with Gasteiger partial charge in [0.1, 0.15) is 5.54 Å². The third-order valence-electron chi connectivity index (χ3n) is 4.61. The van der Waals surface area contributed by atoms with Crippen LogP contribution < -0.4 is 11.1 Å². The smallest absolute Gasteiger partial charge is 0.311 e. The summed E-state index contributed by atoms with van der Waals surface area (Å²) in [5, 5.41) is 12.3. The molecular formula is C14H24N2O4. The van der Waals surface area contributed by atoms with E-state index in [1.54, 1.807) is 0 Å². The van der Waals surface area contributed by atoms with Gasteiger partial charge in [-0.15, -0.1) is 0 Å². The van der Waals surface area contributed by atoms with Gasteiger partial charge in [-0.3, -0.25) is 9.59 Å². The Hall–Kier alpha value is -1.14. The van der Waals surface area contributed by atoms with Crippen LogP contribution in [0.5, 0.6) is 0 Å². The lowest BCUT2D eigenvalue weighted by Crippen LogP contribution is -2.56. The first-order valence-corrected chi connectivity index (χ1v) is 7.37. The predicted molar refractivity (Wildman–Crippen MR) is 73.1 cm³/mol. The lowest BCUT2D eigenvalue weighted by Gasteiger charge is -2.30. The summed E-state index contributed by atoms with van der Waals surface area (Å²) >= 11 is 0.